The van der Waals surface area contributed by atoms with Gasteiger partial charge in [0.25, 0.3) is 0 Å². The van der Waals surface area contributed by atoms with Crippen LogP contribution in [0.1, 0.15) is 31.0 Å². The summed E-state index contributed by atoms with van der Waals surface area (Å²) in [5, 5.41) is 3.07. The van der Waals surface area contributed by atoms with Crippen molar-refractivity contribution in [2.75, 3.05) is 18.2 Å². The number of benzene rings is 1. The molecule has 3 rings (SSSR count). The highest BCUT2D eigenvalue weighted by atomic mass is 16.5. The van der Waals surface area contributed by atoms with Crippen LogP contribution in [-0.4, -0.2) is 27.8 Å². The second kappa shape index (κ2) is 5.97. The van der Waals surface area contributed by atoms with Gasteiger partial charge in [-0.05, 0) is 37.1 Å². The van der Waals surface area contributed by atoms with Crippen molar-refractivity contribution in [3.8, 4) is 5.75 Å². The Morgan fingerprint density at radius 2 is 2.00 bits per heavy atom. The Kier molecular flexibility index (Phi) is 3.86. The number of carbonyl (C=O) groups excluding carboxylic acids is 1. The van der Waals surface area contributed by atoms with Crippen LogP contribution < -0.4 is 15.8 Å². The van der Waals surface area contributed by atoms with Gasteiger partial charge in [-0.1, -0.05) is 0 Å². The van der Waals surface area contributed by atoms with E-state index in [1.165, 1.54) is 0 Å². The van der Waals surface area contributed by atoms with Crippen LogP contribution in [0.5, 0.6) is 5.75 Å². The molecular weight excluding hydrogens is 282 g/mol. The number of hydrogen-bond donors (Lipinski definition) is 2. The van der Waals surface area contributed by atoms with Crippen molar-refractivity contribution >= 4 is 23.4 Å². The lowest BCUT2D eigenvalue weighted by molar-refractivity contribution is -0.118. The van der Waals surface area contributed by atoms with Crippen molar-refractivity contribution in [1.82, 2.24) is 15.0 Å². The zero-order valence-electron chi connectivity index (χ0n) is 12.2. The van der Waals surface area contributed by atoms with E-state index >= 15 is 0 Å². The number of methoxy groups -OCH3 is 1. The van der Waals surface area contributed by atoms with Crippen molar-refractivity contribution in [2.24, 2.45) is 0 Å². The Morgan fingerprint density at radius 3 is 2.64 bits per heavy atom. The van der Waals surface area contributed by atoms with Crippen molar-refractivity contribution in [2.45, 2.75) is 25.2 Å². The van der Waals surface area contributed by atoms with Crippen LogP contribution in [0, 0.1) is 0 Å². The molecule has 0 radical (unpaired) electrons. The Hall–Kier alpha value is -2.70. The lowest BCUT2D eigenvalue weighted by Crippen LogP contribution is -2.13. The molecule has 3 N–H and O–H groups in total. The van der Waals surface area contributed by atoms with Crippen LogP contribution in [0.4, 0.5) is 17.6 Å². The van der Waals surface area contributed by atoms with E-state index in [2.05, 4.69) is 20.3 Å². The number of nitrogen functional groups attached to an aromatic ring is 1. The minimum absolute atomic E-state index is 0.112. The smallest absolute Gasteiger partial charge is 0.232 e. The number of nitrogens with one attached hydrogen (secondary N) is 1. The molecule has 0 unspecified atom stereocenters. The standard InChI is InChI=1S/C15H17N5O2/c1-22-10-7-5-9(6-8-10)17-15-19-13(18-14(16)20-15)11-3-2-4-12(11)21/h5-8,11H,2-4H2,1H3,(H3,16,17,18,19,20)/t11-/m1/s1. The summed E-state index contributed by atoms with van der Waals surface area (Å²) < 4.78 is 5.11. The summed E-state index contributed by atoms with van der Waals surface area (Å²) in [6.45, 7) is 0. The summed E-state index contributed by atoms with van der Waals surface area (Å²) in [5.41, 5.74) is 6.54. The second-order valence-corrected chi connectivity index (χ2v) is 5.14. The Morgan fingerprint density at radius 1 is 1.23 bits per heavy atom. The van der Waals surface area contributed by atoms with Gasteiger partial charge in [0.15, 0.2) is 0 Å². The predicted molar refractivity (Wildman–Crippen MR) is 82.1 cm³/mol. The van der Waals surface area contributed by atoms with Gasteiger partial charge in [-0.15, -0.1) is 0 Å². The summed E-state index contributed by atoms with van der Waals surface area (Å²) in [6, 6.07) is 7.35. The van der Waals surface area contributed by atoms with Gasteiger partial charge in [0, 0.05) is 12.1 Å². The molecule has 0 spiro atoms. The Bertz CT molecular complexity index is 687. The van der Waals surface area contributed by atoms with Gasteiger partial charge in [0.1, 0.15) is 17.4 Å². The number of Topliss-reactive ketones (excluding diaryl/α,β-unsaturated/α-hetero) is 1. The average Bonchev–Trinajstić information content (AvgIpc) is 2.94. The zero-order valence-corrected chi connectivity index (χ0v) is 12.2. The van der Waals surface area contributed by atoms with Gasteiger partial charge in [-0.2, -0.15) is 15.0 Å². The second-order valence-electron chi connectivity index (χ2n) is 5.14. The summed E-state index contributed by atoms with van der Waals surface area (Å²) in [6.07, 6.45) is 2.22. The first kappa shape index (κ1) is 14.2. The first-order chi connectivity index (χ1) is 10.7. The van der Waals surface area contributed by atoms with Crippen molar-refractivity contribution < 1.29 is 9.53 Å². The SMILES string of the molecule is COc1ccc(Nc2nc(N)nc([C@@H]3CCCC3=O)n2)cc1. The number of rotatable bonds is 4. The molecule has 7 heteroatoms. The highest BCUT2D eigenvalue weighted by Gasteiger charge is 2.29. The number of carbonyl (C=O) groups is 1. The Labute approximate surface area is 127 Å². The third-order valence-corrected chi connectivity index (χ3v) is 3.63. The minimum atomic E-state index is -0.262. The third-order valence-electron chi connectivity index (χ3n) is 3.63. The van der Waals surface area contributed by atoms with Crippen molar-refractivity contribution in [3.63, 3.8) is 0 Å². The van der Waals surface area contributed by atoms with E-state index in [1.54, 1.807) is 7.11 Å². The zero-order chi connectivity index (χ0) is 15.5. The van der Waals surface area contributed by atoms with Gasteiger partial charge in [-0.3, -0.25) is 4.79 Å². The normalized spacial score (nSPS) is 17.5. The van der Waals surface area contributed by atoms with Crippen LogP contribution in [0.3, 0.4) is 0 Å². The molecule has 1 heterocycles. The van der Waals surface area contributed by atoms with E-state index < -0.39 is 0 Å². The largest absolute Gasteiger partial charge is 0.497 e. The Balaban J connectivity index is 1.83. The van der Waals surface area contributed by atoms with Crippen LogP contribution >= 0.6 is 0 Å². The van der Waals surface area contributed by atoms with Gasteiger partial charge < -0.3 is 15.8 Å². The number of ketones is 1. The summed E-state index contributed by atoms with van der Waals surface area (Å²) in [7, 11) is 1.61. The summed E-state index contributed by atoms with van der Waals surface area (Å²) >= 11 is 0. The van der Waals surface area contributed by atoms with Gasteiger partial charge >= 0.3 is 0 Å². The predicted octanol–water partition coefficient (Wildman–Crippen LogP) is 2.04. The van der Waals surface area contributed by atoms with Crippen molar-refractivity contribution in [1.29, 1.82) is 0 Å². The molecule has 1 atom stereocenters. The molecule has 1 aromatic carbocycles. The molecule has 0 amide bonds. The number of anilines is 3. The summed E-state index contributed by atoms with van der Waals surface area (Å²) in [5.74, 6) is 1.57. The fraction of sp³-hybridized carbons (Fsp3) is 0.333. The number of nitrogens with zero attached hydrogens (tertiary/aromatic N) is 3. The molecule has 7 nitrogen and oxygen atoms in total. The van der Waals surface area contributed by atoms with E-state index in [4.69, 9.17) is 10.5 Å². The lowest BCUT2D eigenvalue weighted by Gasteiger charge is -2.10. The highest BCUT2D eigenvalue weighted by molar-refractivity contribution is 5.86. The first-order valence-corrected chi connectivity index (χ1v) is 7.11. The van der Waals surface area contributed by atoms with Crippen LogP contribution in [-0.2, 0) is 4.79 Å². The summed E-state index contributed by atoms with van der Waals surface area (Å²) in [4.78, 5) is 24.4. The molecule has 0 bridgehead atoms. The maximum Gasteiger partial charge on any atom is 0.232 e. The van der Waals surface area contributed by atoms with E-state index in [1.807, 2.05) is 24.3 Å². The molecule has 0 aliphatic heterocycles. The molecule has 1 fully saturated rings. The van der Waals surface area contributed by atoms with Crippen LogP contribution in [0.15, 0.2) is 24.3 Å². The van der Waals surface area contributed by atoms with E-state index in [0.29, 0.717) is 18.2 Å². The molecule has 1 aliphatic carbocycles. The minimum Gasteiger partial charge on any atom is -0.497 e. The number of nitrogens with two attached hydrogens (primary N) is 1. The maximum atomic E-state index is 11.9. The maximum absolute atomic E-state index is 11.9. The van der Waals surface area contributed by atoms with Crippen LogP contribution in [0.25, 0.3) is 0 Å². The molecule has 2 aromatic rings. The lowest BCUT2D eigenvalue weighted by atomic mass is 10.1. The molecule has 1 aliphatic rings. The molecule has 22 heavy (non-hydrogen) atoms. The quantitative estimate of drug-likeness (QED) is 0.890. The van der Waals surface area contributed by atoms with Gasteiger partial charge in [0.05, 0.1) is 13.0 Å². The van der Waals surface area contributed by atoms with E-state index in [-0.39, 0.29) is 17.6 Å². The molecule has 114 valence electrons. The monoisotopic (exact) mass is 299 g/mol. The number of hydrogen-bond acceptors (Lipinski definition) is 7. The first-order valence-electron chi connectivity index (χ1n) is 7.11. The van der Waals surface area contributed by atoms with Crippen LogP contribution in [0.2, 0.25) is 0 Å². The van der Waals surface area contributed by atoms with E-state index in [9.17, 15) is 4.79 Å². The topological polar surface area (TPSA) is 103 Å². The van der Waals surface area contributed by atoms with E-state index in [0.717, 1.165) is 24.3 Å². The molecule has 0 saturated heterocycles. The molecule has 1 saturated carbocycles. The van der Waals surface area contributed by atoms with Crippen molar-refractivity contribution in [3.05, 3.63) is 30.1 Å². The number of ether oxygens (including phenoxy) is 1. The molecular formula is C15H17N5O2. The molecule has 1 aromatic heterocycles. The van der Waals surface area contributed by atoms with Gasteiger partial charge in [0.2, 0.25) is 11.9 Å². The fourth-order valence-electron chi connectivity index (χ4n) is 2.51. The third kappa shape index (κ3) is 2.98. The number of aromatic nitrogens is 3. The van der Waals surface area contributed by atoms with Gasteiger partial charge in [-0.25, -0.2) is 0 Å². The highest BCUT2D eigenvalue weighted by Crippen LogP contribution is 2.30. The fourth-order valence-corrected chi connectivity index (χ4v) is 2.51. The average molecular weight is 299 g/mol.